The maximum absolute atomic E-state index is 12.3. The lowest BCUT2D eigenvalue weighted by atomic mass is 9.86. The Labute approximate surface area is 173 Å². The number of rotatable bonds is 8. The third-order valence-corrected chi connectivity index (χ3v) is 5.80. The number of ether oxygens (including phenoxy) is 2. The molecule has 29 heavy (non-hydrogen) atoms. The summed E-state index contributed by atoms with van der Waals surface area (Å²) >= 11 is 0. The highest BCUT2D eigenvalue weighted by Crippen LogP contribution is 2.32. The van der Waals surface area contributed by atoms with Crippen molar-refractivity contribution in [2.45, 2.75) is 64.8 Å². The molecule has 1 amide bonds. The second kappa shape index (κ2) is 9.81. The third-order valence-electron chi connectivity index (χ3n) is 5.80. The van der Waals surface area contributed by atoms with Gasteiger partial charge < -0.3 is 19.2 Å². The van der Waals surface area contributed by atoms with Crippen molar-refractivity contribution in [2.75, 3.05) is 14.2 Å². The van der Waals surface area contributed by atoms with Crippen LogP contribution >= 0.6 is 0 Å². The quantitative estimate of drug-likeness (QED) is 0.696. The molecule has 2 aromatic rings. The molecule has 2 atom stereocenters. The largest absolute Gasteiger partial charge is 0.493 e. The SMILES string of the molecule is COc1ccc(-c2nc(CCCC(=O)NC3CCCCC3C)c(C)o2)cc1OC. The van der Waals surface area contributed by atoms with E-state index in [0.717, 1.165) is 36.3 Å². The lowest BCUT2D eigenvalue weighted by molar-refractivity contribution is -0.122. The number of carbonyl (C=O) groups is 1. The van der Waals surface area contributed by atoms with Crippen LogP contribution in [0.25, 0.3) is 11.5 Å². The van der Waals surface area contributed by atoms with Gasteiger partial charge in [-0.3, -0.25) is 4.79 Å². The van der Waals surface area contributed by atoms with E-state index in [2.05, 4.69) is 17.2 Å². The van der Waals surface area contributed by atoms with Crippen LogP contribution in [-0.4, -0.2) is 31.2 Å². The number of amides is 1. The molecule has 0 radical (unpaired) electrons. The van der Waals surface area contributed by atoms with Crippen molar-refractivity contribution < 1.29 is 18.7 Å². The molecule has 1 aliphatic carbocycles. The molecule has 1 N–H and O–H groups in total. The van der Waals surface area contributed by atoms with Crippen LogP contribution < -0.4 is 14.8 Å². The summed E-state index contributed by atoms with van der Waals surface area (Å²) in [5.41, 5.74) is 1.73. The summed E-state index contributed by atoms with van der Waals surface area (Å²) in [6.45, 7) is 4.15. The zero-order valence-corrected chi connectivity index (χ0v) is 17.9. The van der Waals surface area contributed by atoms with Crippen LogP contribution in [0.2, 0.25) is 0 Å². The lowest BCUT2D eigenvalue weighted by Crippen LogP contribution is -2.40. The second-order valence-corrected chi connectivity index (χ2v) is 7.88. The van der Waals surface area contributed by atoms with Crippen LogP contribution in [0.4, 0.5) is 0 Å². The van der Waals surface area contributed by atoms with Crippen molar-refractivity contribution in [1.29, 1.82) is 0 Å². The fourth-order valence-electron chi connectivity index (χ4n) is 3.98. The van der Waals surface area contributed by atoms with Gasteiger partial charge in [0, 0.05) is 18.0 Å². The Morgan fingerprint density at radius 1 is 1.21 bits per heavy atom. The minimum Gasteiger partial charge on any atom is -0.493 e. The highest BCUT2D eigenvalue weighted by molar-refractivity contribution is 5.76. The normalized spacial score (nSPS) is 19.0. The molecule has 1 aliphatic rings. The molecular formula is C23H32N2O4. The van der Waals surface area contributed by atoms with Gasteiger partial charge in [-0.2, -0.15) is 0 Å². The van der Waals surface area contributed by atoms with Crippen molar-refractivity contribution in [3.8, 4) is 23.0 Å². The van der Waals surface area contributed by atoms with Gasteiger partial charge in [-0.1, -0.05) is 19.8 Å². The first-order chi connectivity index (χ1) is 14.0. The number of aromatic nitrogens is 1. The summed E-state index contributed by atoms with van der Waals surface area (Å²) in [6.07, 6.45) is 6.79. The van der Waals surface area contributed by atoms with Crippen LogP contribution in [0.1, 0.15) is 56.9 Å². The van der Waals surface area contributed by atoms with Crippen molar-refractivity contribution in [3.63, 3.8) is 0 Å². The van der Waals surface area contributed by atoms with E-state index < -0.39 is 0 Å². The average Bonchev–Trinajstić information content (AvgIpc) is 3.09. The number of aryl methyl sites for hydroxylation is 2. The minimum absolute atomic E-state index is 0.144. The number of nitrogens with zero attached hydrogens (tertiary/aromatic N) is 1. The van der Waals surface area contributed by atoms with Crippen molar-refractivity contribution in [2.24, 2.45) is 5.92 Å². The van der Waals surface area contributed by atoms with E-state index in [4.69, 9.17) is 13.9 Å². The Kier molecular flexibility index (Phi) is 7.18. The molecule has 6 heteroatoms. The van der Waals surface area contributed by atoms with Gasteiger partial charge >= 0.3 is 0 Å². The maximum atomic E-state index is 12.3. The molecule has 1 heterocycles. The Hall–Kier alpha value is -2.50. The molecule has 1 fully saturated rings. The molecule has 0 saturated heterocycles. The fraction of sp³-hybridized carbons (Fsp3) is 0.565. The molecule has 1 aromatic carbocycles. The molecule has 6 nitrogen and oxygen atoms in total. The number of benzene rings is 1. The standard InChI is InChI=1S/C23H32N2O4/c1-15-8-5-6-9-18(15)24-22(26)11-7-10-19-16(2)29-23(25-19)17-12-13-20(27-3)21(14-17)28-4/h12-15,18H,5-11H2,1-4H3,(H,24,26). The van der Waals surface area contributed by atoms with Crippen LogP contribution in [0.5, 0.6) is 11.5 Å². The molecular weight excluding hydrogens is 368 g/mol. The summed E-state index contributed by atoms with van der Waals surface area (Å²) in [4.78, 5) is 16.9. The van der Waals surface area contributed by atoms with Gasteiger partial charge in [-0.15, -0.1) is 0 Å². The first kappa shape index (κ1) is 21.2. The second-order valence-electron chi connectivity index (χ2n) is 7.88. The summed E-state index contributed by atoms with van der Waals surface area (Å²) in [5, 5.41) is 3.22. The zero-order chi connectivity index (χ0) is 20.8. The summed E-state index contributed by atoms with van der Waals surface area (Å²) < 4.78 is 16.5. The number of nitrogens with one attached hydrogen (secondary N) is 1. The smallest absolute Gasteiger partial charge is 0.226 e. The Bertz CT molecular complexity index is 830. The van der Waals surface area contributed by atoms with Gasteiger partial charge in [0.2, 0.25) is 11.8 Å². The van der Waals surface area contributed by atoms with Gasteiger partial charge in [0.25, 0.3) is 0 Å². The first-order valence-corrected chi connectivity index (χ1v) is 10.5. The van der Waals surface area contributed by atoms with Crippen molar-refractivity contribution >= 4 is 5.91 Å². The predicted molar refractivity (Wildman–Crippen MR) is 112 cm³/mol. The first-order valence-electron chi connectivity index (χ1n) is 10.5. The summed E-state index contributed by atoms with van der Waals surface area (Å²) in [6, 6.07) is 5.92. The number of hydrogen-bond donors (Lipinski definition) is 1. The van der Waals surface area contributed by atoms with E-state index in [1.807, 2.05) is 25.1 Å². The average molecular weight is 401 g/mol. The Balaban J connectivity index is 1.56. The van der Waals surface area contributed by atoms with E-state index in [0.29, 0.717) is 35.8 Å². The highest BCUT2D eigenvalue weighted by Gasteiger charge is 2.22. The predicted octanol–water partition coefficient (Wildman–Crippen LogP) is 4.68. The van der Waals surface area contributed by atoms with E-state index >= 15 is 0 Å². The molecule has 0 bridgehead atoms. The molecule has 0 spiro atoms. The summed E-state index contributed by atoms with van der Waals surface area (Å²) in [7, 11) is 3.21. The van der Waals surface area contributed by atoms with Gasteiger partial charge in [0.1, 0.15) is 5.76 Å². The minimum atomic E-state index is 0.144. The fourth-order valence-corrected chi connectivity index (χ4v) is 3.98. The number of hydrogen-bond acceptors (Lipinski definition) is 5. The third kappa shape index (κ3) is 5.31. The van der Waals surface area contributed by atoms with Gasteiger partial charge in [0.15, 0.2) is 11.5 Å². The van der Waals surface area contributed by atoms with Crippen LogP contribution in [0.3, 0.4) is 0 Å². The molecule has 1 aromatic heterocycles. The van der Waals surface area contributed by atoms with Gasteiger partial charge in [-0.05, 0) is 56.7 Å². The Morgan fingerprint density at radius 3 is 2.69 bits per heavy atom. The number of methoxy groups -OCH3 is 2. The van der Waals surface area contributed by atoms with Crippen molar-refractivity contribution in [3.05, 3.63) is 29.7 Å². The van der Waals surface area contributed by atoms with Crippen LogP contribution in [-0.2, 0) is 11.2 Å². The van der Waals surface area contributed by atoms with Gasteiger partial charge in [0.05, 0.1) is 19.9 Å². The van der Waals surface area contributed by atoms with Crippen LogP contribution in [0.15, 0.2) is 22.6 Å². The molecule has 2 unspecified atom stereocenters. The monoisotopic (exact) mass is 400 g/mol. The lowest BCUT2D eigenvalue weighted by Gasteiger charge is -2.29. The highest BCUT2D eigenvalue weighted by atomic mass is 16.5. The maximum Gasteiger partial charge on any atom is 0.226 e. The Morgan fingerprint density at radius 2 is 1.97 bits per heavy atom. The molecule has 1 saturated carbocycles. The topological polar surface area (TPSA) is 73.6 Å². The van der Waals surface area contributed by atoms with E-state index in [1.165, 1.54) is 19.3 Å². The zero-order valence-electron chi connectivity index (χ0n) is 17.9. The molecule has 158 valence electrons. The van der Waals surface area contributed by atoms with E-state index in [9.17, 15) is 4.79 Å². The van der Waals surface area contributed by atoms with Gasteiger partial charge in [-0.25, -0.2) is 4.98 Å². The number of oxazole rings is 1. The van der Waals surface area contributed by atoms with E-state index in [1.54, 1.807) is 14.2 Å². The van der Waals surface area contributed by atoms with Crippen molar-refractivity contribution in [1.82, 2.24) is 10.3 Å². The number of carbonyl (C=O) groups excluding carboxylic acids is 1. The molecule has 0 aliphatic heterocycles. The molecule has 3 rings (SSSR count). The summed E-state index contributed by atoms with van der Waals surface area (Å²) in [5.74, 6) is 3.36. The van der Waals surface area contributed by atoms with E-state index in [-0.39, 0.29) is 5.91 Å². The van der Waals surface area contributed by atoms with Crippen LogP contribution in [0, 0.1) is 12.8 Å².